The number of halogens is 2. The molecule has 1 saturated carbocycles. The summed E-state index contributed by atoms with van der Waals surface area (Å²) in [7, 11) is 0. The smallest absolute Gasteiger partial charge is 0.126 e. The third-order valence-corrected chi connectivity index (χ3v) is 6.26. The normalized spacial score (nSPS) is 18.6. The Kier molecular flexibility index (Phi) is 6.88. The summed E-state index contributed by atoms with van der Waals surface area (Å²) in [6.07, 6.45) is 9.89. The van der Waals surface area contributed by atoms with E-state index in [4.69, 9.17) is 16.3 Å². The molecule has 1 saturated heterocycles. The minimum atomic E-state index is -0.272. The maximum absolute atomic E-state index is 14.3. The first kappa shape index (κ1) is 20.4. The highest BCUT2D eigenvalue weighted by atomic mass is 35.5. The van der Waals surface area contributed by atoms with E-state index in [2.05, 4.69) is 15.6 Å². The molecule has 2 heterocycles. The van der Waals surface area contributed by atoms with Gasteiger partial charge in [0.05, 0.1) is 5.02 Å². The highest BCUT2D eigenvalue weighted by Gasteiger charge is 2.16. The summed E-state index contributed by atoms with van der Waals surface area (Å²) >= 11 is 6.43. The van der Waals surface area contributed by atoms with Gasteiger partial charge in [-0.1, -0.05) is 30.9 Å². The van der Waals surface area contributed by atoms with Crippen molar-refractivity contribution in [3.05, 3.63) is 41.3 Å². The molecule has 0 spiro atoms. The summed E-state index contributed by atoms with van der Waals surface area (Å²) in [6, 6.07) is 7.43. The number of nitrogens with one attached hydrogen (secondary N) is 2. The van der Waals surface area contributed by atoms with Crippen LogP contribution in [0.25, 0.3) is 11.1 Å². The Morgan fingerprint density at radius 1 is 1.03 bits per heavy atom. The SMILES string of the molecule is Fc1cc(NCC2CCOCC2)cc(-c2cc(NC3CCCCC3)ncc2Cl)c1. The zero-order valence-corrected chi connectivity index (χ0v) is 17.5. The second kappa shape index (κ2) is 9.77. The van der Waals surface area contributed by atoms with Crippen LogP contribution in [0, 0.1) is 11.7 Å². The zero-order valence-electron chi connectivity index (χ0n) is 16.7. The maximum Gasteiger partial charge on any atom is 0.126 e. The molecule has 2 aromatic rings. The number of benzene rings is 1. The van der Waals surface area contributed by atoms with Crippen LogP contribution in [-0.2, 0) is 4.74 Å². The molecule has 0 unspecified atom stereocenters. The first-order valence-electron chi connectivity index (χ1n) is 10.7. The number of rotatable bonds is 6. The number of aromatic nitrogens is 1. The van der Waals surface area contributed by atoms with Gasteiger partial charge in [-0.15, -0.1) is 0 Å². The summed E-state index contributed by atoms with van der Waals surface area (Å²) in [6.45, 7) is 2.44. The van der Waals surface area contributed by atoms with Crippen molar-refractivity contribution < 1.29 is 9.13 Å². The molecule has 0 radical (unpaired) electrons. The molecule has 4 nitrogen and oxygen atoms in total. The van der Waals surface area contributed by atoms with Crippen LogP contribution in [-0.4, -0.2) is 30.8 Å². The topological polar surface area (TPSA) is 46.2 Å². The average Bonchev–Trinajstić information content (AvgIpc) is 2.75. The molecule has 0 bridgehead atoms. The molecule has 2 N–H and O–H groups in total. The molecule has 156 valence electrons. The Hall–Kier alpha value is -1.85. The minimum absolute atomic E-state index is 0.272. The lowest BCUT2D eigenvalue weighted by Crippen LogP contribution is -2.22. The van der Waals surface area contributed by atoms with Crippen LogP contribution in [0.1, 0.15) is 44.9 Å². The first-order valence-corrected chi connectivity index (χ1v) is 11.1. The fourth-order valence-electron chi connectivity index (χ4n) is 4.25. The van der Waals surface area contributed by atoms with Crippen LogP contribution in [0.5, 0.6) is 0 Å². The molecule has 1 aromatic heterocycles. The second-order valence-electron chi connectivity index (χ2n) is 8.19. The van der Waals surface area contributed by atoms with Gasteiger partial charge in [-0.05, 0) is 61.4 Å². The summed E-state index contributed by atoms with van der Waals surface area (Å²) < 4.78 is 19.8. The fourth-order valence-corrected chi connectivity index (χ4v) is 4.47. The van der Waals surface area contributed by atoms with Crippen molar-refractivity contribution in [2.45, 2.75) is 51.0 Å². The number of pyridine rings is 1. The highest BCUT2D eigenvalue weighted by molar-refractivity contribution is 6.33. The highest BCUT2D eigenvalue weighted by Crippen LogP contribution is 2.33. The molecule has 1 aliphatic heterocycles. The molecule has 0 atom stereocenters. The number of hydrogen-bond donors (Lipinski definition) is 2. The third kappa shape index (κ3) is 5.61. The Labute approximate surface area is 177 Å². The largest absolute Gasteiger partial charge is 0.385 e. The van der Waals surface area contributed by atoms with E-state index in [9.17, 15) is 4.39 Å². The molecule has 0 amide bonds. The van der Waals surface area contributed by atoms with Crippen molar-refractivity contribution in [3.8, 4) is 11.1 Å². The lowest BCUT2D eigenvalue weighted by atomic mass is 9.95. The van der Waals surface area contributed by atoms with E-state index in [1.165, 1.54) is 38.2 Å². The van der Waals surface area contributed by atoms with Crippen molar-refractivity contribution in [2.24, 2.45) is 5.92 Å². The molecule has 4 rings (SSSR count). The lowest BCUT2D eigenvalue weighted by molar-refractivity contribution is 0.0699. The van der Waals surface area contributed by atoms with Crippen LogP contribution in [0.3, 0.4) is 0 Å². The van der Waals surface area contributed by atoms with Gasteiger partial charge >= 0.3 is 0 Å². The van der Waals surface area contributed by atoms with E-state index < -0.39 is 0 Å². The lowest BCUT2D eigenvalue weighted by Gasteiger charge is -2.24. The van der Waals surface area contributed by atoms with Crippen molar-refractivity contribution >= 4 is 23.1 Å². The number of anilines is 2. The number of ether oxygens (including phenoxy) is 1. The van der Waals surface area contributed by atoms with E-state index in [1.54, 1.807) is 12.3 Å². The van der Waals surface area contributed by atoms with Gasteiger partial charge in [-0.2, -0.15) is 0 Å². The van der Waals surface area contributed by atoms with Crippen molar-refractivity contribution in [2.75, 3.05) is 30.4 Å². The van der Waals surface area contributed by atoms with E-state index >= 15 is 0 Å². The minimum Gasteiger partial charge on any atom is -0.385 e. The Bertz CT molecular complexity index is 820. The molecule has 1 aliphatic carbocycles. The molecular formula is C23H29ClFN3O. The van der Waals surface area contributed by atoms with Crippen LogP contribution in [0.2, 0.25) is 5.02 Å². The average molecular weight is 418 g/mol. The summed E-state index contributed by atoms with van der Waals surface area (Å²) in [4.78, 5) is 4.44. The Balaban J connectivity index is 1.50. The second-order valence-corrected chi connectivity index (χ2v) is 8.60. The quantitative estimate of drug-likeness (QED) is 0.594. The van der Waals surface area contributed by atoms with E-state index in [1.807, 2.05) is 12.1 Å². The van der Waals surface area contributed by atoms with Gasteiger partial charge in [0, 0.05) is 43.2 Å². The Morgan fingerprint density at radius 2 is 1.83 bits per heavy atom. The first-order chi connectivity index (χ1) is 14.2. The van der Waals surface area contributed by atoms with Crippen molar-refractivity contribution in [3.63, 3.8) is 0 Å². The van der Waals surface area contributed by atoms with Crippen molar-refractivity contribution in [1.29, 1.82) is 0 Å². The maximum atomic E-state index is 14.3. The summed E-state index contributed by atoms with van der Waals surface area (Å²) in [5.41, 5.74) is 2.34. The van der Waals surface area contributed by atoms with Gasteiger partial charge in [-0.3, -0.25) is 0 Å². The van der Waals surface area contributed by atoms with Crippen LogP contribution >= 0.6 is 11.6 Å². The summed E-state index contributed by atoms with van der Waals surface area (Å²) in [5, 5.41) is 7.45. The van der Waals surface area contributed by atoms with Gasteiger partial charge in [0.15, 0.2) is 0 Å². The summed E-state index contributed by atoms with van der Waals surface area (Å²) in [5.74, 6) is 1.09. The zero-order chi connectivity index (χ0) is 20.1. The van der Waals surface area contributed by atoms with E-state index in [0.717, 1.165) is 55.2 Å². The fraction of sp³-hybridized carbons (Fsp3) is 0.522. The third-order valence-electron chi connectivity index (χ3n) is 5.96. The molecular weight excluding hydrogens is 389 g/mol. The van der Waals surface area contributed by atoms with Gasteiger partial charge in [0.2, 0.25) is 0 Å². The van der Waals surface area contributed by atoms with Crippen LogP contribution < -0.4 is 10.6 Å². The monoisotopic (exact) mass is 417 g/mol. The predicted octanol–water partition coefficient (Wildman–Crippen LogP) is 6.12. The molecule has 1 aromatic carbocycles. The van der Waals surface area contributed by atoms with Gasteiger partial charge in [-0.25, -0.2) is 9.37 Å². The van der Waals surface area contributed by atoms with Crippen LogP contribution in [0.15, 0.2) is 30.5 Å². The molecule has 2 fully saturated rings. The van der Waals surface area contributed by atoms with Crippen LogP contribution in [0.4, 0.5) is 15.9 Å². The molecule has 29 heavy (non-hydrogen) atoms. The predicted molar refractivity (Wildman–Crippen MR) is 117 cm³/mol. The molecule has 2 aliphatic rings. The standard InChI is InChI=1S/C23H29ClFN3O/c24-22-15-27-23(28-19-4-2-1-3-5-19)13-21(22)17-10-18(25)12-20(11-17)26-14-16-6-8-29-9-7-16/h10-13,15-16,19,26H,1-9,14H2,(H,27,28). The number of nitrogens with zero attached hydrogens (tertiary/aromatic N) is 1. The van der Waals surface area contributed by atoms with Gasteiger partial charge < -0.3 is 15.4 Å². The number of hydrogen-bond acceptors (Lipinski definition) is 4. The van der Waals surface area contributed by atoms with E-state index in [-0.39, 0.29) is 5.82 Å². The van der Waals surface area contributed by atoms with Gasteiger partial charge in [0.25, 0.3) is 0 Å². The Morgan fingerprint density at radius 3 is 2.62 bits per heavy atom. The van der Waals surface area contributed by atoms with Gasteiger partial charge in [0.1, 0.15) is 11.6 Å². The molecule has 6 heteroatoms. The van der Waals surface area contributed by atoms with Crippen molar-refractivity contribution in [1.82, 2.24) is 4.98 Å². The van der Waals surface area contributed by atoms with E-state index in [0.29, 0.717) is 17.0 Å².